The van der Waals surface area contributed by atoms with Crippen LogP contribution in [0.15, 0.2) is 23.0 Å². The molecule has 1 aromatic heterocycles. The molecule has 0 spiro atoms. The van der Waals surface area contributed by atoms with Crippen molar-refractivity contribution in [1.82, 2.24) is 5.16 Å². The van der Waals surface area contributed by atoms with Crippen LogP contribution in [0.4, 0.5) is 0 Å². The lowest BCUT2D eigenvalue weighted by Crippen LogP contribution is -2.15. The first-order valence-electron chi connectivity index (χ1n) is 7.57. The maximum absolute atomic E-state index is 12.7. The molecule has 0 amide bonds. The molecule has 0 aliphatic heterocycles. The molecular formula is C17H15Cl2NO4. The van der Waals surface area contributed by atoms with E-state index in [1.54, 1.807) is 19.9 Å². The number of ether oxygens (including phenoxy) is 1. The summed E-state index contributed by atoms with van der Waals surface area (Å²) in [4.78, 5) is 25.1. The lowest BCUT2D eigenvalue weighted by atomic mass is 9.97. The molecule has 5 nitrogen and oxygen atoms in total. The zero-order valence-electron chi connectivity index (χ0n) is 13.1. The lowest BCUT2D eigenvalue weighted by molar-refractivity contribution is 0.0378. The van der Waals surface area contributed by atoms with Crippen molar-refractivity contribution in [3.05, 3.63) is 50.8 Å². The first-order valence-corrected chi connectivity index (χ1v) is 8.32. The van der Waals surface area contributed by atoms with E-state index in [0.29, 0.717) is 0 Å². The summed E-state index contributed by atoms with van der Waals surface area (Å²) in [5.41, 5.74) is 1.24. The van der Waals surface area contributed by atoms with Gasteiger partial charge in [0.05, 0.1) is 33.5 Å². The molecule has 1 heterocycles. The van der Waals surface area contributed by atoms with E-state index in [-0.39, 0.29) is 44.5 Å². The van der Waals surface area contributed by atoms with Crippen molar-refractivity contribution in [2.24, 2.45) is 0 Å². The third-order valence-electron chi connectivity index (χ3n) is 3.73. The van der Waals surface area contributed by atoms with Crippen LogP contribution in [0.2, 0.25) is 10.0 Å². The third-order valence-corrected chi connectivity index (χ3v) is 4.53. The number of carbonyl (C=O) groups excluding carboxylic acids is 2. The molecule has 7 heteroatoms. The Hall–Kier alpha value is -1.85. The molecule has 0 N–H and O–H groups in total. The number of nitrogens with zero attached hydrogens (tertiary/aromatic N) is 1. The second-order valence-corrected chi connectivity index (χ2v) is 6.74. The van der Waals surface area contributed by atoms with Crippen molar-refractivity contribution in [3.63, 3.8) is 0 Å². The minimum atomic E-state index is -0.637. The van der Waals surface area contributed by atoms with Crippen LogP contribution < -0.4 is 0 Å². The monoisotopic (exact) mass is 367 g/mol. The number of ketones is 1. The number of hydrogen-bond acceptors (Lipinski definition) is 5. The zero-order valence-corrected chi connectivity index (χ0v) is 14.6. The van der Waals surface area contributed by atoms with Crippen LogP contribution in [0.1, 0.15) is 64.4 Å². The van der Waals surface area contributed by atoms with E-state index >= 15 is 0 Å². The molecule has 24 heavy (non-hydrogen) atoms. The zero-order chi connectivity index (χ0) is 17.4. The maximum Gasteiger partial charge on any atom is 0.341 e. The Morgan fingerprint density at radius 1 is 1.29 bits per heavy atom. The average molecular weight is 368 g/mol. The van der Waals surface area contributed by atoms with E-state index < -0.39 is 5.97 Å². The summed E-state index contributed by atoms with van der Waals surface area (Å²) in [6.07, 6.45) is 4.13. The van der Waals surface area contributed by atoms with Gasteiger partial charge in [0.1, 0.15) is 6.26 Å². The second kappa shape index (κ2) is 6.57. The highest BCUT2D eigenvalue weighted by atomic mass is 35.5. The van der Waals surface area contributed by atoms with Gasteiger partial charge >= 0.3 is 5.97 Å². The number of rotatable bonds is 5. The van der Waals surface area contributed by atoms with E-state index in [2.05, 4.69) is 5.16 Å². The molecule has 0 unspecified atom stereocenters. The van der Waals surface area contributed by atoms with Crippen molar-refractivity contribution in [2.45, 2.75) is 38.7 Å². The van der Waals surface area contributed by atoms with Gasteiger partial charge in [0.15, 0.2) is 5.78 Å². The van der Waals surface area contributed by atoms with Crippen LogP contribution in [-0.4, -0.2) is 23.0 Å². The Morgan fingerprint density at radius 2 is 2.00 bits per heavy atom. The number of esters is 1. The van der Waals surface area contributed by atoms with Gasteiger partial charge in [0, 0.05) is 5.56 Å². The van der Waals surface area contributed by atoms with Crippen molar-refractivity contribution in [2.75, 3.05) is 0 Å². The summed E-state index contributed by atoms with van der Waals surface area (Å²) < 4.78 is 9.94. The van der Waals surface area contributed by atoms with Gasteiger partial charge in [-0.2, -0.15) is 0 Å². The highest BCUT2D eigenvalue weighted by Crippen LogP contribution is 2.46. The van der Waals surface area contributed by atoms with Crippen molar-refractivity contribution >= 4 is 35.0 Å². The molecule has 3 rings (SSSR count). The van der Waals surface area contributed by atoms with Crippen molar-refractivity contribution < 1.29 is 18.8 Å². The van der Waals surface area contributed by atoms with E-state index in [1.165, 1.54) is 12.5 Å². The van der Waals surface area contributed by atoms with E-state index in [0.717, 1.165) is 18.4 Å². The Bertz CT molecular complexity index is 795. The summed E-state index contributed by atoms with van der Waals surface area (Å²) >= 11 is 12.7. The molecule has 1 aromatic carbocycles. The minimum absolute atomic E-state index is 0.0127. The summed E-state index contributed by atoms with van der Waals surface area (Å²) in [5.74, 6) is -0.783. The topological polar surface area (TPSA) is 69.4 Å². The molecule has 1 aliphatic rings. The highest BCUT2D eigenvalue weighted by molar-refractivity contribution is 6.42. The number of halogens is 2. The number of aromatic nitrogens is 1. The fraction of sp³-hybridized carbons (Fsp3) is 0.353. The first kappa shape index (κ1) is 17.0. The van der Waals surface area contributed by atoms with Crippen LogP contribution in [0.5, 0.6) is 0 Å². The number of carbonyl (C=O) groups is 2. The van der Waals surface area contributed by atoms with Gasteiger partial charge in [0.25, 0.3) is 0 Å². The summed E-state index contributed by atoms with van der Waals surface area (Å²) in [5, 5.41) is 3.77. The maximum atomic E-state index is 12.7. The van der Waals surface area contributed by atoms with Gasteiger partial charge in [-0.1, -0.05) is 28.4 Å². The predicted octanol–water partition coefficient (Wildman–Crippen LogP) is 4.66. The normalized spacial score (nSPS) is 14.0. The molecule has 0 saturated heterocycles. The number of hydrogen-bond donors (Lipinski definition) is 0. The van der Waals surface area contributed by atoms with E-state index in [4.69, 9.17) is 32.5 Å². The highest BCUT2D eigenvalue weighted by Gasteiger charge is 2.33. The first-order chi connectivity index (χ1) is 11.4. The van der Waals surface area contributed by atoms with Gasteiger partial charge in [-0.25, -0.2) is 4.79 Å². The van der Waals surface area contributed by atoms with E-state index in [1.807, 2.05) is 0 Å². The standard InChI is InChI=1S/C17H15Cl2NO4/c1-8(2)24-17(22)13-14(18)11(9-3-4-9)5-12(15(13)19)16(21)10-6-20-23-7-10/h5-9H,3-4H2,1-2H3. The molecule has 1 fully saturated rings. The van der Waals surface area contributed by atoms with Gasteiger partial charge < -0.3 is 9.26 Å². The molecule has 1 aliphatic carbocycles. The van der Waals surface area contributed by atoms with E-state index in [9.17, 15) is 9.59 Å². The Kier molecular flexibility index (Phi) is 4.65. The largest absolute Gasteiger partial charge is 0.459 e. The molecule has 126 valence electrons. The lowest BCUT2D eigenvalue weighted by Gasteiger charge is -2.15. The average Bonchev–Trinajstić information content (AvgIpc) is 3.19. The Labute approximate surface area is 148 Å². The smallest absolute Gasteiger partial charge is 0.341 e. The van der Waals surface area contributed by atoms with Crippen molar-refractivity contribution in [1.29, 1.82) is 0 Å². The molecular weight excluding hydrogens is 353 g/mol. The quantitative estimate of drug-likeness (QED) is 0.567. The van der Waals surface area contributed by atoms with Crippen molar-refractivity contribution in [3.8, 4) is 0 Å². The van der Waals surface area contributed by atoms with Gasteiger partial charge in [0.2, 0.25) is 0 Å². The molecule has 0 radical (unpaired) electrons. The van der Waals surface area contributed by atoms with Gasteiger partial charge in [-0.15, -0.1) is 0 Å². The van der Waals surface area contributed by atoms with Crippen LogP contribution >= 0.6 is 23.2 Å². The SMILES string of the molecule is CC(C)OC(=O)c1c(Cl)c(C(=O)c2cnoc2)cc(C2CC2)c1Cl. The van der Waals surface area contributed by atoms with Crippen LogP contribution in [0, 0.1) is 0 Å². The van der Waals surface area contributed by atoms with Gasteiger partial charge in [-0.05, 0) is 44.2 Å². The minimum Gasteiger partial charge on any atom is -0.459 e. The summed E-state index contributed by atoms with van der Waals surface area (Å²) in [6, 6.07) is 1.66. The summed E-state index contributed by atoms with van der Waals surface area (Å²) in [6.45, 7) is 3.46. The Morgan fingerprint density at radius 3 is 2.54 bits per heavy atom. The van der Waals surface area contributed by atoms with Gasteiger partial charge in [-0.3, -0.25) is 4.79 Å². The Balaban J connectivity index is 2.14. The molecule has 1 saturated carbocycles. The fourth-order valence-corrected chi connectivity index (χ4v) is 3.18. The van der Waals surface area contributed by atoms with Crippen LogP contribution in [0.3, 0.4) is 0 Å². The van der Waals surface area contributed by atoms with Crippen LogP contribution in [0.25, 0.3) is 0 Å². The molecule has 0 atom stereocenters. The fourth-order valence-electron chi connectivity index (χ4n) is 2.44. The summed E-state index contributed by atoms with van der Waals surface area (Å²) in [7, 11) is 0. The molecule has 0 bridgehead atoms. The second-order valence-electron chi connectivity index (χ2n) is 5.99. The molecule has 2 aromatic rings. The predicted molar refractivity (Wildman–Crippen MR) is 88.9 cm³/mol. The third kappa shape index (κ3) is 3.19. The van der Waals surface area contributed by atoms with Crippen LogP contribution in [-0.2, 0) is 4.74 Å². The number of benzene rings is 1.